The third kappa shape index (κ3) is 6.18. The minimum atomic E-state index is -0.664. The maximum absolute atomic E-state index is 11.4. The van der Waals surface area contributed by atoms with E-state index in [0.717, 1.165) is 22.6 Å². The summed E-state index contributed by atoms with van der Waals surface area (Å²) in [6, 6.07) is 12.6. The van der Waals surface area contributed by atoms with Gasteiger partial charge in [-0.05, 0) is 55.7 Å². The van der Waals surface area contributed by atoms with Gasteiger partial charge in [-0.15, -0.1) is 0 Å². The van der Waals surface area contributed by atoms with E-state index in [9.17, 15) is 4.79 Å². The summed E-state index contributed by atoms with van der Waals surface area (Å²) in [7, 11) is 1.33. The van der Waals surface area contributed by atoms with Crippen molar-refractivity contribution in [2.24, 2.45) is 5.73 Å². The molecule has 0 amide bonds. The van der Waals surface area contributed by atoms with Crippen molar-refractivity contribution in [1.82, 2.24) is 0 Å². The molecule has 6 nitrogen and oxygen atoms in total. The number of hydrogen-bond donors (Lipinski definition) is 1. The predicted molar refractivity (Wildman–Crippen MR) is 103 cm³/mol. The minimum absolute atomic E-state index is 0.410. The molecular weight excluding hydrogens is 346 g/mol. The van der Waals surface area contributed by atoms with Crippen LogP contribution in [0.15, 0.2) is 42.5 Å². The number of benzene rings is 2. The van der Waals surface area contributed by atoms with E-state index < -0.39 is 12.0 Å². The van der Waals surface area contributed by atoms with E-state index in [-0.39, 0.29) is 0 Å². The fraction of sp³-hybridized carbons (Fsp3) is 0.381. The van der Waals surface area contributed by atoms with Crippen LogP contribution in [-0.4, -0.2) is 32.3 Å². The summed E-state index contributed by atoms with van der Waals surface area (Å²) < 4.78 is 21.7. The number of carbonyl (C=O) groups is 1. The van der Waals surface area contributed by atoms with Crippen LogP contribution in [0.25, 0.3) is 0 Å². The third-order valence-electron chi connectivity index (χ3n) is 3.90. The molecule has 2 N–H and O–H groups in total. The largest absolute Gasteiger partial charge is 0.490 e. The van der Waals surface area contributed by atoms with Gasteiger partial charge in [0.25, 0.3) is 0 Å². The lowest BCUT2D eigenvalue weighted by Gasteiger charge is -2.13. The van der Waals surface area contributed by atoms with Crippen molar-refractivity contribution in [3.8, 4) is 17.2 Å². The first-order valence-electron chi connectivity index (χ1n) is 9.01. The zero-order chi connectivity index (χ0) is 19.6. The van der Waals surface area contributed by atoms with E-state index in [1.807, 2.05) is 56.3 Å². The highest BCUT2D eigenvalue weighted by atomic mass is 16.5. The highest BCUT2D eigenvalue weighted by Crippen LogP contribution is 2.29. The molecule has 0 saturated carbocycles. The summed E-state index contributed by atoms with van der Waals surface area (Å²) in [6.45, 7) is 5.44. The van der Waals surface area contributed by atoms with Gasteiger partial charge in [0.2, 0.25) is 0 Å². The molecular formula is C21H27NO5. The number of methoxy groups -OCH3 is 1. The van der Waals surface area contributed by atoms with Gasteiger partial charge >= 0.3 is 5.97 Å². The number of rotatable bonds is 10. The number of esters is 1. The van der Waals surface area contributed by atoms with Crippen LogP contribution in [0, 0.1) is 0 Å². The van der Waals surface area contributed by atoms with Crippen molar-refractivity contribution in [1.29, 1.82) is 0 Å². The van der Waals surface area contributed by atoms with Crippen molar-refractivity contribution in [3.63, 3.8) is 0 Å². The van der Waals surface area contributed by atoms with Gasteiger partial charge in [0, 0.05) is 0 Å². The molecule has 0 aliphatic rings. The lowest BCUT2D eigenvalue weighted by Crippen LogP contribution is -2.33. The molecule has 0 spiro atoms. The summed E-state index contributed by atoms with van der Waals surface area (Å²) in [5.41, 5.74) is 7.71. The Balaban J connectivity index is 1.96. The van der Waals surface area contributed by atoms with E-state index in [4.69, 9.17) is 19.9 Å². The average Bonchev–Trinajstić information content (AvgIpc) is 2.68. The fourth-order valence-corrected chi connectivity index (χ4v) is 2.56. The molecule has 0 radical (unpaired) electrons. The Labute approximate surface area is 160 Å². The lowest BCUT2D eigenvalue weighted by molar-refractivity contribution is -0.142. The molecule has 27 heavy (non-hydrogen) atoms. The SMILES string of the molecule is CCOc1ccc(COc2ccc(CC(N)C(=O)OC)cc2)cc1OCC. The van der Waals surface area contributed by atoms with Crippen LogP contribution >= 0.6 is 0 Å². The van der Waals surface area contributed by atoms with Gasteiger partial charge in [-0.2, -0.15) is 0 Å². The second-order valence-electron chi connectivity index (χ2n) is 5.91. The molecule has 1 unspecified atom stereocenters. The normalized spacial score (nSPS) is 11.6. The zero-order valence-corrected chi connectivity index (χ0v) is 16.1. The standard InChI is InChI=1S/C21H27NO5/c1-4-25-19-11-8-16(13-20(19)26-5-2)14-27-17-9-6-15(7-10-17)12-18(22)21(23)24-3/h6-11,13,18H,4-5,12,14,22H2,1-3H3. The monoisotopic (exact) mass is 373 g/mol. The number of ether oxygens (including phenoxy) is 4. The Morgan fingerprint density at radius 2 is 1.56 bits per heavy atom. The summed E-state index contributed by atoms with van der Waals surface area (Å²) in [5.74, 6) is 1.76. The van der Waals surface area contributed by atoms with E-state index in [0.29, 0.717) is 32.0 Å². The second-order valence-corrected chi connectivity index (χ2v) is 5.91. The van der Waals surface area contributed by atoms with Gasteiger partial charge in [0.1, 0.15) is 18.4 Å². The van der Waals surface area contributed by atoms with Crippen molar-refractivity contribution in [3.05, 3.63) is 53.6 Å². The predicted octanol–water partition coefficient (Wildman–Crippen LogP) is 3.11. The fourth-order valence-electron chi connectivity index (χ4n) is 2.56. The Kier molecular flexibility index (Phi) is 7.95. The highest BCUT2D eigenvalue weighted by Gasteiger charge is 2.14. The molecule has 0 bridgehead atoms. The first kappa shape index (κ1) is 20.6. The van der Waals surface area contributed by atoms with Crippen LogP contribution in [0.3, 0.4) is 0 Å². The molecule has 146 valence electrons. The minimum Gasteiger partial charge on any atom is -0.490 e. The Bertz CT molecular complexity index is 730. The summed E-state index contributed by atoms with van der Waals surface area (Å²) in [6.07, 6.45) is 0.420. The number of carbonyl (C=O) groups excluding carboxylic acids is 1. The van der Waals surface area contributed by atoms with Crippen LogP contribution in [0.4, 0.5) is 0 Å². The highest BCUT2D eigenvalue weighted by molar-refractivity contribution is 5.75. The Hall–Kier alpha value is -2.73. The van der Waals surface area contributed by atoms with Gasteiger partial charge in [0.15, 0.2) is 11.5 Å². The molecule has 2 aromatic rings. The molecule has 2 aromatic carbocycles. The summed E-state index contributed by atoms with van der Waals surface area (Å²) in [4.78, 5) is 11.4. The van der Waals surface area contributed by atoms with Gasteiger partial charge < -0.3 is 24.7 Å². The van der Waals surface area contributed by atoms with Gasteiger partial charge in [-0.3, -0.25) is 4.79 Å². The van der Waals surface area contributed by atoms with E-state index in [1.165, 1.54) is 7.11 Å². The van der Waals surface area contributed by atoms with Crippen molar-refractivity contribution >= 4 is 5.97 Å². The Morgan fingerprint density at radius 3 is 2.19 bits per heavy atom. The molecule has 0 fully saturated rings. The smallest absolute Gasteiger partial charge is 0.322 e. The van der Waals surface area contributed by atoms with Gasteiger partial charge in [-0.1, -0.05) is 18.2 Å². The molecule has 0 saturated heterocycles. The average molecular weight is 373 g/mol. The molecule has 0 aromatic heterocycles. The molecule has 6 heteroatoms. The van der Waals surface area contributed by atoms with Crippen molar-refractivity contribution in [2.75, 3.05) is 20.3 Å². The van der Waals surface area contributed by atoms with E-state index >= 15 is 0 Å². The quantitative estimate of drug-likeness (QED) is 0.645. The van der Waals surface area contributed by atoms with Crippen LogP contribution in [0.1, 0.15) is 25.0 Å². The van der Waals surface area contributed by atoms with E-state index in [2.05, 4.69) is 4.74 Å². The topological polar surface area (TPSA) is 80.0 Å². The molecule has 1 atom stereocenters. The van der Waals surface area contributed by atoms with Crippen molar-refractivity contribution in [2.45, 2.75) is 32.9 Å². The van der Waals surface area contributed by atoms with Crippen LogP contribution in [0.2, 0.25) is 0 Å². The van der Waals surface area contributed by atoms with Crippen LogP contribution < -0.4 is 19.9 Å². The summed E-state index contributed by atoms with van der Waals surface area (Å²) in [5, 5.41) is 0. The lowest BCUT2D eigenvalue weighted by atomic mass is 10.1. The van der Waals surface area contributed by atoms with Crippen LogP contribution in [0.5, 0.6) is 17.2 Å². The Morgan fingerprint density at radius 1 is 0.926 bits per heavy atom. The summed E-state index contributed by atoms with van der Waals surface area (Å²) >= 11 is 0. The van der Waals surface area contributed by atoms with Gasteiger partial charge in [-0.25, -0.2) is 0 Å². The maximum atomic E-state index is 11.4. The van der Waals surface area contributed by atoms with Crippen LogP contribution in [-0.2, 0) is 22.6 Å². The first-order chi connectivity index (χ1) is 13.1. The first-order valence-corrected chi connectivity index (χ1v) is 9.01. The molecule has 0 heterocycles. The second kappa shape index (κ2) is 10.4. The van der Waals surface area contributed by atoms with Gasteiger partial charge in [0.05, 0.1) is 20.3 Å². The van der Waals surface area contributed by atoms with Crippen molar-refractivity contribution < 1.29 is 23.7 Å². The maximum Gasteiger partial charge on any atom is 0.322 e. The molecule has 0 aliphatic heterocycles. The number of nitrogens with two attached hydrogens (primary N) is 1. The molecule has 2 rings (SSSR count). The third-order valence-corrected chi connectivity index (χ3v) is 3.90. The molecule has 0 aliphatic carbocycles. The van der Waals surface area contributed by atoms with E-state index in [1.54, 1.807) is 0 Å². The zero-order valence-electron chi connectivity index (χ0n) is 16.1. The number of hydrogen-bond acceptors (Lipinski definition) is 6.